The number of nitrogens with zero attached hydrogens (tertiary/aromatic N) is 2. The topological polar surface area (TPSA) is 55.5 Å². The molecule has 0 spiro atoms. The number of non-ortho nitro benzene ring substituents is 1. The van der Waals surface area contributed by atoms with Gasteiger partial charge >= 0.3 is 0 Å². The minimum atomic E-state index is -0.452. The average Bonchev–Trinajstić information content (AvgIpc) is 2.40. The van der Waals surface area contributed by atoms with Crippen LogP contribution in [0.2, 0.25) is 0 Å². The van der Waals surface area contributed by atoms with Crippen LogP contribution in [0.3, 0.4) is 0 Å². The van der Waals surface area contributed by atoms with Gasteiger partial charge in [-0.25, -0.2) is 4.99 Å². The van der Waals surface area contributed by atoms with Crippen molar-refractivity contribution in [2.45, 2.75) is 0 Å². The molecule has 2 aromatic rings. The maximum Gasteiger partial charge on any atom is 0.269 e. The molecule has 4 nitrogen and oxygen atoms in total. The van der Waals surface area contributed by atoms with Gasteiger partial charge in [0.15, 0.2) is 0 Å². The van der Waals surface area contributed by atoms with E-state index in [-0.39, 0.29) is 5.69 Å². The van der Waals surface area contributed by atoms with Crippen molar-refractivity contribution in [1.82, 2.24) is 0 Å². The van der Waals surface area contributed by atoms with Crippen LogP contribution in [0.1, 0.15) is 5.56 Å². The highest BCUT2D eigenvalue weighted by atomic mass is 35.5. The van der Waals surface area contributed by atoms with Crippen LogP contribution in [-0.4, -0.2) is 10.1 Å². The van der Waals surface area contributed by atoms with Gasteiger partial charge in [0, 0.05) is 17.7 Å². The van der Waals surface area contributed by atoms with E-state index in [0.717, 1.165) is 5.56 Å². The second kappa shape index (κ2) is 5.42. The van der Waals surface area contributed by atoms with Crippen LogP contribution in [0, 0.1) is 10.1 Å². The Bertz CT molecular complexity index is 580. The maximum absolute atomic E-state index is 10.5. The molecular weight excluding hydrogens is 252 g/mol. The highest BCUT2D eigenvalue weighted by molar-refractivity contribution is 6.69. The molecule has 0 radical (unpaired) electrons. The normalized spacial score (nSPS) is 11.3. The number of rotatable bonds is 3. The summed E-state index contributed by atoms with van der Waals surface area (Å²) >= 11 is 6.06. The zero-order valence-corrected chi connectivity index (χ0v) is 10.0. The summed E-state index contributed by atoms with van der Waals surface area (Å²) in [6.07, 6.45) is 0. The van der Waals surface area contributed by atoms with E-state index >= 15 is 0 Å². The van der Waals surface area contributed by atoms with Crippen molar-refractivity contribution in [2.24, 2.45) is 4.99 Å². The average molecular weight is 261 g/mol. The Morgan fingerprint density at radius 1 is 1.06 bits per heavy atom. The van der Waals surface area contributed by atoms with Crippen molar-refractivity contribution in [2.75, 3.05) is 0 Å². The van der Waals surface area contributed by atoms with E-state index in [9.17, 15) is 10.1 Å². The van der Waals surface area contributed by atoms with Crippen molar-refractivity contribution in [1.29, 1.82) is 0 Å². The second-order valence-electron chi connectivity index (χ2n) is 3.54. The summed E-state index contributed by atoms with van der Waals surface area (Å²) in [6, 6.07) is 15.2. The fourth-order valence-electron chi connectivity index (χ4n) is 1.40. The first-order chi connectivity index (χ1) is 8.66. The fourth-order valence-corrected chi connectivity index (χ4v) is 1.63. The number of aliphatic imine (C=N–C) groups is 1. The molecule has 0 N–H and O–H groups in total. The molecule has 90 valence electrons. The van der Waals surface area contributed by atoms with E-state index in [1.807, 2.05) is 30.3 Å². The lowest BCUT2D eigenvalue weighted by Crippen LogP contribution is -1.89. The smallest absolute Gasteiger partial charge is 0.258 e. The number of nitro benzene ring substituents is 1. The largest absolute Gasteiger partial charge is 0.269 e. The lowest BCUT2D eigenvalue weighted by atomic mass is 10.2. The maximum atomic E-state index is 10.5. The molecule has 0 aromatic heterocycles. The first kappa shape index (κ1) is 12.3. The van der Waals surface area contributed by atoms with Crippen molar-refractivity contribution in [3.8, 4) is 0 Å². The third kappa shape index (κ3) is 2.93. The van der Waals surface area contributed by atoms with Crippen molar-refractivity contribution >= 4 is 28.1 Å². The SMILES string of the molecule is O=[N+]([O-])c1ccc(N=C(Cl)c2ccccc2)cc1. The van der Waals surface area contributed by atoms with E-state index in [0.29, 0.717) is 10.9 Å². The molecule has 0 aliphatic carbocycles. The summed E-state index contributed by atoms with van der Waals surface area (Å²) in [5.74, 6) is 0. The summed E-state index contributed by atoms with van der Waals surface area (Å²) in [6.45, 7) is 0. The first-order valence-corrected chi connectivity index (χ1v) is 5.58. The van der Waals surface area contributed by atoms with Crippen molar-refractivity contribution < 1.29 is 4.92 Å². The Balaban J connectivity index is 2.25. The molecule has 18 heavy (non-hydrogen) atoms. The molecule has 2 rings (SSSR count). The van der Waals surface area contributed by atoms with Crippen LogP contribution in [0.5, 0.6) is 0 Å². The van der Waals surface area contributed by atoms with E-state index < -0.39 is 4.92 Å². The molecule has 0 saturated carbocycles. The van der Waals surface area contributed by atoms with Crippen LogP contribution in [0.4, 0.5) is 11.4 Å². The Labute approximate surface area is 109 Å². The summed E-state index contributed by atoms with van der Waals surface area (Å²) in [5, 5.41) is 10.9. The quantitative estimate of drug-likeness (QED) is 0.477. The van der Waals surface area contributed by atoms with Gasteiger partial charge in [-0.2, -0.15) is 0 Å². The molecule has 0 unspecified atom stereocenters. The summed E-state index contributed by atoms with van der Waals surface area (Å²) < 4.78 is 0. The third-order valence-corrected chi connectivity index (χ3v) is 2.60. The molecule has 0 atom stereocenters. The van der Waals surface area contributed by atoms with E-state index in [2.05, 4.69) is 4.99 Å². The summed E-state index contributed by atoms with van der Waals surface area (Å²) in [5.41, 5.74) is 1.41. The van der Waals surface area contributed by atoms with Gasteiger partial charge in [0.25, 0.3) is 5.69 Å². The highest BCUT2D eigenvalue weighted by Gasteiger charge is 2.04. The molecule has 0 bridgehead atoms. The van der Waals surface area contributed by atoms with Gasteiger partial charge in [-0.15, -0.1) is 0 Å². The van der Waals surface area contributed by atoms with E-state index in [4.69, 9.17) is 11.6 Å². The van der Waals surface area contributed by atoms with Crippen molar-refractivity contribution in [3.05, 3.63) is 70.3 Å². The lowest BCUT2D eigenvalue weighted by Gasteiger charge is -1.98. The van der Waals surface area contributed by atoms with Crippen LogP contribution < -0.4 is 0 Å². The fraction of sp³-hybridized carbons (Fsp3) is 0. The number of hydrogen-bond donors (Lipinski definition) is 0. The minimum absolute atomic E-state index is 0.0322. The predicted octanol–water partition coefficient (Wildman–Crippen LogP) is 3.91. The van der Waals surface area contributed by atoms with Crippen molar-refractivity contribution in [3.63, 3.8) is 0 Å². The molecule has 0 saturated heterocycles. The molecular formula is C13H9ClN2O2. The van der Waals surface area contributed by atoms with E-state index in [1.165, 1.54) is 12.1 Å². The van der Waals surface area contributed by atoms with Gasteiger partial charge < -0.3 is 0 Å². The highest BCUT2D eigenvalue weighted by Crippen LogP contribution is 2.19. The Morgan fingerprint density at radius 3 is 2.22 bits per heavy atom. The molecule has 5 heteroatoms. The number of hydrogen-bond acceptors (Lipinski definition) is 3. The molecule has 0 amide bonds. The number of benzene rings is 2. The van der Waals surface area contributed by atoms with Crippen LogP contribution >= 0.6 is 11.6 Å². The summed E-state index contributed by atoms with van der Waals surface area (Å²) in [4.78, 5) is 14.2. The van der Waals surface area contributed by atoms with Gasteiger partial charge in [-0.1, -0.05) is 41.9 Å². The van der Waals surface area contributed by atoms with Gasteiger partial charge in [-0.3, -0.25) is 10.1 Å². The Morgan fingerprint density at radius 2 is 1.67 bits per heavy atom. The molecule has 0 aliphatic rings. The second-order valence-corrected chi connectivity index (χ2v) is 3.90. The Hall–Kier alpha value is -2.20. The van der Waals surface area contributed by atoms with Crippen LogP contribution in [0.25, 0.3) is 0 Å². The monoisotopic (exact) mass is 260 g/mol. The molecule has 2 aromatic carbocycles. The first-order valence-electron chi connectivity index (χ1n) is 5.21. The summed E-state index contributed by atoms with van der Waals surface area (Å²) in [7, 11) is 0. The van der Waals surface area contributed by atoms with Gasteiger partial charge in [0.2, 0.25) is 0 Å². The minimum Gasteiger partial charge on any atom is -0.258 e. The standard InChI is InChI=1S/C13H9ClN2O2/c14-13(10-4-2-1-3-5-10)15-11-6-8-12(9-7-11)16(17)18/h1-9H. The van der Waals surface area contributed by atoms with E-state index in [1.54, 1.807) is 12.1 Å². The zero-order chi connectivity index (χ0) is 13.0. The number of halogens is 1. The van der Waals surface area contributed by atoms with Gasteiger partial charge in [0.05, 0.1) is 10.6 Å². The van der Waals surface area contributed by atoms with Gasteiger partial charge in [-0.05, 0) is 12.1 Å². The van der Waals surface area contributed by atoms with Crippen LogP contribution in [0.15, 0.2) is 59.6 Å². The van der Waals surface area contributed by atoms with Gasteiger partial charge in [0.1, 0.15) is 5.17 Å². The zero-order valence-electron chi connectivity index (χ0n) is 9.29. The molecule has 0 aliphatic heterocycles. The van der Waals surface area contributed by atoms with Crippen LogP contribution in [-0.2, 0) is 0 Å². The molecule has 0 heterocycles. The predicted molar refractivity (Wildman–Crippen MR) is 71.6 cm³/mol. The lowest BCUT2D eigenvalue weighted by molar-refractivity contribution is -0.384. The third-order valence-electron chi connectivity index (χ3n) is 2.30. The number of nitro groups is 1. The molecule has 0 fully saturated rings. The Kier molecular flexibility index (Phi) is 3.69.